The zero-order valence-electron chi connectivity index (χ0n) is 12.3. The molecular weight excluding hydrogens is 262 g/mol. The fourth-order valence-corrected chi connectivity index (χ4v) is 4.26. The summed E-state index contributed by atoms with van der Waals surface area (Å²) in [5.74, 6) is 1.49. The quantitative estimate of drug-likeness (QED) is 0.810. The normalized spacial score (nSPS) is 34.5. The highest BCUT2D eigenvalue weighted by Gasteiger charge is 2.48. The molecule has 1 heterocycles. The van der Waals surface area contributed by atoms with Gasteiger partial charge in [0.15, 0.2) is 0 Å². The maximum absolute atomic E-state index is 11.5. The van der Waals surface area contributed by atoms with Crippen molar-refractivity contribution in [3.05, 3.63) is 0 Å². The molecule has 2 N–H and O–H groups in total. The first kappa shape index (κ1) is 15.2. The summed E-state index contributed by atoms with van der Waals surface area (Å²) in [7, 11) is -3.04. The summed E-state index contributed by atoms with van der Waals surface area (Å²) in [6.45, 7) is 8.07. The molecule has 0 unspecified atom stereocenters. The van der Waals surface area contributed by atoms with E-state index in [1.165, 1.54) is 19.1 Å². The monoisotopic (exact) mass is 289 g/mol. The summed E-state index contributed by atoms with van der Waals surface area (Å²) >= 11 is 0. The van der Waals surface area contributed by atoms with Crippen molar-refractivity contribution in [3.8, 4) is 0 Å². The molecule has 0 atom stereocenters. The molecule has 6 heteroatoms. The highest BCUT2D eigenvalue weighted by atomic mass is 32.2. The van der Waals surface area contributed by atoms with E-state index in [0.29, 0.717) is 19.6 Å². The van der Waals surface area contributed by atoms with Crippen LogP contribution < -0.4 is 5.73 Å². The summed E-state index contributed by atoms with van der Waals surface area (Å²) in [6.07, 6.45) is 3.62. The Morgan fingerprint density at radius 3 is 2.11 bits per heavy atom. The molecule has 0 radical (unpaired) electrons. The third-order valence-electron chi connectivity index (χ3n) is 4.99. The minimum Gasteiger partial charge on any atom is -0.329 e. The lowest BCUT2D eigenvalue weighted by Gasteiger charge is -2.57. The second-order valence-corrected chi connectivity index (χ2v) is 8.47. The summed E-state index contributed by atoms with van der Waals surface area (Å²) in [6, 6.07) is 0. The molecule has 0 spiro atoms. The van der Waals surface area contributed by atoms with Crippen molar-refractivity contribution in [2.75, 3.05) is 39.0 Å². The van der Waals surface area contributed by atoms with Gasteiger partial charge in [-0.2, -0.15) is 4.31 Å². The Bertz CT molecular complexity index is 408. The van der Waals surface area contributed by atoms with Gasteiger partial charge in [0.1, 0.15) is 0 Å². The zero-order chi connectivity index (χ0) is 14.3. The van der Waals surface area contributed by atoms with Gasteiger partial charge in [-0.05, 0) is 24.7 Å². The van der Waals surface area contributed by atoms with E-state index in [9.17, 15) is 8.42 Å². The fourth-order valence-electron chi connectivity index (χ4n) is 3.44. The molecule has 5 nitrogen and oxygen atoms in total. The number of hydrogen-bond acceptors (Lipinski definition) is 4. The van der Waals surface area contributed by atoms with Crippen LogP contribution in [0.25, 0.3) is 0 Å². The van der Waals surface area contributed by atoms with Crippen molar-refractivity contribution in [1.29, 1.82) is 0 Å². The zero-order valence-corrected chi connectivity index (χ0v) is 13.1. The molecule has 0 bridgehead atoms. The van der Waals surface area contributed by atoms with Crippen LogP contribution in [0.3, 0.4) is 0 Å². The van der Waals surface area contributed by atoms with Crippen LogP contribution in [0.15, 0.2) is 0 Å². The van der Waals surface area contributed by atoms with E-state index in [-0.39, 0.29) is 5.54 Å². The van der Waals surface area contributed by atoms with Gasteiger partial charge in [-0.1, -0.05) is 13.8 Å². The first-order chi connectivity index (χ1) is 8.78. The SMILES string of the molecule is CC(C)C1CC(CN)(N2CCN(S(C)(=O)=O)CC2)C1. The number of nitrogens with zero attached hydrogens (tertiary/aromatic N) is 2. The topological polar surface area (TPSA) is 66.6 Å². The van der Waals surface area contributed by atoms with Crippen molar-refractivity contribution >= 4 is 10.0 Å². The highest BCUT2D eigenvalue weighted by molar-refractivity contribution is 7.88. The number of sulfonamides is 1. The van der Waals surface area contributed by atoms with E-state index in [1.807, 2.05) is 0 Å². The van der Waals surface area contributed by atoms with Gasteiger partial charge in [-0.25, -0.2) is 8.42 Å². The Hall–Kier alpha value is -0.170. The number of hydrogen-bond donors (Lipinski definition) is 1. The number of piperazine rings is 1. The Kier molecular flexibility index (Phi) is 4.26. The molecule has 1 aliphatic heterocycles. The maximum atomic E-state index is 11.5. The number of nitrogens with two attached hydrogens (primary N) is 1. The van der Waals surface area contributed by atoms with Crippen LogP contribution in [0.4, 0.5) is 0 Å². The van der Waals surface area contributed by atoms with Gasteiger partial charge in [0, 0.05) is 38.3 Å². The second-order valence-electron chi connectivity index (χ2n) is 6.49. The van der Waals surface area contributed by atoms with Gasteiger partial charge >= 0.3 is 0 Å². The van der Waals surface area contributed by atoms with Gasteiger partial charge in [-0.3, -0.25) is 4.90 Å². The predicted octanol–water partition coefficient (Wildman–Crippen LogP) is 0.327. The van der Waals surface area contributed by atoms with E-state index in [4.69, 9.17) is 5.73 Å². The molecule has 2 aliphatic rings. The highest BCUT2D eigenvalue weighted by Crippen LogP contribution is 2.45. The molecule has 0 aromatic heterocycles. The van der Waals surface area contributed by atoms with Crippen LogP contribution in [0.2, 0.25) is 0 Å². The standard InChI is InChI=1S/C13H27N3O2S/c1-11(2)12-8-13(9-12,10-14)15-4-6-16(7-5-15)19(3,17)18/h11-12H,4-10,14H2,1-3H3. The van der Waals surface area contributed by atoms with E-state index in [1.54, 1.807) is 4.31 Å². The summed E-state index contributed by atoms with van der Waals surface area (Å²) < 4.78 is 24.6. The van der Waals surface area contributed by atoms with Crippen molar-refractivity contribution in [2.24, 2.45) is 17.6 Å². The molecule has 1 saturated heterocycles. The Balaban J connectivity index is 1.94. The molecule has 0 aromatic rings. The largest absolute Gasteiger partial charge is 0.329 e. The van der Waals surface area contributed by atoms with Crippen LogP contribution in [-0.4, -0.2) is 62.1 Å². The summed E-state index contributed by atoms with van der Waals surface area (Å²) in [5.41, 5.74) is 6.15. The average molecular weight is 289 g/mol. The lowest BCUT2D eigenvalue weighted by molar-refractivity contribution is -0.0485. The molecule has 1 saturated carbocycles. The fraction of sp³-hybridized carbons (Fsp3) is 1.00. The Labute approximate surface area is 117 Å². The molecule has 2 fully saturated rings. The van der Waals surface area contributed by atoms with E-state index in [2.05, 4.69) is 18.7 Å². The lowest BCUT2D eigenvalue weighted by atomic mass is 9.63. The minimum absolute atomic E-state index is 0.137. The van der Waals surface area contributed by atoms with E-state index < -0.39 is 10.0 Å². The van der Waals surface area contributed by atoms with Crippen LogP contribution in [0.5, 0.6) is 0 Å². The van der Waals surface area contributed by atoms with Crippen molar-refractivity contribution in [2.45, 2.75) is 32.2 Å². The van der Waals surface area contributed by atoms with Gasteiger partial charge in [-0.15, -0.1) is 0 Å². The molecule has 1 aliphatic carbocycles. The number of rotatable bonds is 4. The van der Waals surface area contributed by atoms with Crippen LogP contribution in [0.1, 0.15) is 26.7 Å². The summed E-state index contributed by atoms with van der Waals surface area (Å²) in [4.78, 5) is 2.42. The van der Waals surface area contributed by atoms with Gasteiger partial charge in [0.05, 0.1) is 6.26 Å². The molecular formula is C13H27N3O2S. The third kappa shape index (κ3) is 2.96. The van der Waals surface area contributed by atoms with Gasteiger partial charge in [0.2, 0.25) is 10.0 Å². The predicted molar refractivity (Wildman–Crippen MR) is 77.3 cm³/mol. The van der Waals surface area contributed by atoms with E-state index >= 15 is 0 Å². The molecule has 19 heavy (non-hydrogen) atoms. The molecule has 0 amide bonds. The minimum atomic E-state index is -3.04. The van der Waals surface area contributed by atoms with Crippen molar-refractivity contribution < 1.29 is 8.42 Å². The second kappa shape index (κ2) is 5.31. The van der Waals surface area contributed by atoms with Gasteiger partial charge < -0.3 is 5.73 Å². The maximum Gasteiger partial charge on any atom is 0.211 e. The average Bonchev–Trinajstić information content (AvgIpc) is 2.27. The summed E-state index contributed by atoms with van der Waals surface area (Å²) in [5, 5.41) is 0. The molecule has 0 aromatic carbocycles. The first-order valence-electron chi connectivity index (χ1n) is 7.19. The van der Waals surface area contributed by atoms with Crippen LogP contribution in [0, 0.1) is 11.8 Å². The molecule has 112 valence electrons. The van der Waals surface area contributed by atoms with Crippen molar-refractivity contribution in [3.63, 3.8) is 0 Å². The Morgan fingerprint density at radius 1 is 1.21 bits per heavy atom. The van der Waals surface area contributed by atoms with Crippen molar-refractivity contribution in [1.82, 2.24) is 9.21 Å². The third-order valence-corrected chi connectivity index (χ3v) is 6.29. The Morgan fingerprint density at radius 2 is 1.74 bits per heavy atom. The van der Waals surface area contributed by atoms with Crippen LogP contribution in [-0.2, 0) is 10.0 Å². The smallest absolute Gasteiger partial charge is 0.211 e. The van der Waals surface area contributed by atoms with Crippen LogP contribution >= 0.6 is 0 Å². The lowest BCUT2D eigenvalue weighted by Crippen LogP contribution is -2.66. The first-order valence-corrected chi connectivity index (χ1v) is 9.03. The molecule has 2 rings (SSSR count). The van der Waals surface area contributed by atoms with Gasteiger partial charge in [0.25, 0.3) is 0 Å². The van der Waals surface area contributed by atoms with E-state index in [0.717, 1.165) is 24.9 Å².